The molecule has 1 aromatic rings. The zero-order valence-corrected chi connectivity index (χ0v) is 14.4. The van der Waals surface area contributed by atoms with Crippen LogP contribution in [0.15, 0.2) is 18.2 Å². The molecule has 0 unspecified atom stereocenters. The second-order valence-corrected chi connectivity index (χ2v) is 6.90. The lowest BCUT2D eigenvalue weighted by Crippen LogP contribution is -2.36. The highest BCUT2D eigenvalue weighted by atomic mass is 35.5. The third-order valence-corrected chi connectivity index (χ3v) is 4.92. The fourth-order valence-electron chi connectivity index (χ4n) is 3.25. The molecule has 1 aliphatic heterocycles. The average Bonchev–Trinajstić information content (AvgIpc) is 2.48. The quantitative estimate of drug-likeness (QED) is 0.765. The topological polar surface area (TPSA) is 15.3 Å². The summed E-state index contributed by atoms with van der Waals surface area (Å²) in [4.78, 5) is 2.49. The Morgan fingerprint density at radius 1 is 1.29 bits per heavy atom. The lowest BCUT2D eigenvalue weighted by atomic mass is 9.86. The smallest absolute Gasteiger partial charge is 0.0642 e. The summed E-state index contributed by atoms with van der Waals surface area (Å²) in [5, 5.41) is 4.40. The van der Waals surface area contributed by atoms with E-state index in [2.05, 4.69) is 43.1 Å². The molecule has 2 rings (SSSR count). The highest BCUT2D eigenvalue weighted by molar-refractivity contribution is 6.33. The standard InChI is InChI=1S/C18H29ClN2/c1-4-10-20-13-16-6-5-7-17(19)18(16)21-11-8-15(9-12-21)14(2)3/h5-7,14-15,20H,4,8-13H2,1-3H3. The average molecular weight is 309 g/mol. The molecule has 1 N–H and O–H groups in total. The lowest BCUT2D eigenvalue weighted by molar-refractivity contribution is 0.311. The molecule has 1 saturated heterocycles. The number of piperidine rings is 1. The maximum Gasteiger partial charge on any atom is 0.0642 e. The molecule has 3 heteroatoms. The molecule has 0 spiro atoms. The Morgan fingerprint density at radius 3 is 2.62 bits per heavy atom. The molecule has 1 aromatic carbocycles. The van der Waals surface area contributed by atoms with Crippen molar-refractivity contribution in [3.8, 4) is 0 Å². The van der Waals surface area contributed by atoms with Crippen molar-refractivity contribution < 1.29 is 0 Å². The molecule has 0 aliphatic carbocycles. The van der Waals surface area contributed by atoms with Crippen LogP contribution >= 0.6 is 11.6 Å². The van der Waals surface area contributed by atoms with Crippen molar-refractivity contribution in [2.45, 2.75) is 46.6 Å². The van der Waals surface area contributed by atoms with Gasteiger partial charge in [-0.1, -0.05) is 44.5 Å². The normalized spacial score (nSPS) is 16.7. The van der Waals surface area contributed by atoms with Crippen LogP contribution < -0.4 is 10.2 Å². The summed E-state index contributed by atoms with van der Waals surface area (Å²) in [5.41, 5.74) is 2.59. The zero-order valence-electron chi connectivity index (χ0n) is 13.7. The highest BCUT2D eigenvalue weighted by Gasteiger charge is 2.24. The number of benzene rings is 1. The van der Waals surface area contributed by atoms with E-state index in [0.29, 0.717) is 0 Å². The fourth-order valence-corrected chi connectivity index (χ4v) is 3.56. The Bertz CT molecular complexity index is 437. The van der Waals surface area contributed by atoms with E-state index in [1.54, 1.807) is 0 Å². The second-order valence-electron chi connectivity index (χ2n) is 6.49. The van der Waals surface area contributed by atoms with Gasteiger partial charge in [0.2, 0.25) is 0 Å². The van der Waals surface area contributed by atoms with Gasteiger partial charge >= 0.3 is 0 Å². The molecule has 1 heterocycles. The highest BCUT2D eigenvalue weighted by Crippen LogP contribution is 2.34. The third-order valence-electron chi connectivity index (χ3n) is 4.61. The van der Waals surface area contributed by atoms with Crippen molar-refractivity contribution in [3.63, 3.8) is 0 Å². The molecule has 1 fully saturated rings. The van der Waals surface area contributed by atoms with Gasteiger partial charge in [-0.25, -0.2) is 0 Å². The van der Waals surface area contributed by atoms with Gasteiger partial charge in [-0.3, -0.25) is 0 Å². The largest absolute Gasteiger partial charge is 0.370 e. The van der Waals surface area contributed by atoms with Crippen LogP contribution in [0.4, 0.5) is 5.69 Å². The number of anilines is 1. The van der Waals surface area contributed by atoms with Crippen LogP contribution in [0.5, 0.6) is 0 Å². The molecule has 0 radical (unpaired) electrons. The van der Waals surface area contributed by atoms with Gasteiger partial charge in [-0.15, -0.1) is 0 Å². The van der Waals surface area contributed by atoms with Crippen LogP contribution in [0.25, 0.3) is 0 Å². The minimum atomic E-state index is 0.795. The van der Waals surface area contributed by atoms with E-state index in [0.717, 1.165) is 49.5 Å². The first-order valence-electron chi connectivity index (χ1n) is 8.36. The first-order valence-corrected chi connectivity index (χ1v) is 8.74. The first kappa shape index (κ1) is 16.6. The number of hydrogen-bond donors (Lipinski definition) is 1. The van der Waals surface area contributed by atoms with Crippen LogP contribution in [0.1, 0.15) is 45.6 Å². The number of halogens is 1. The molecule has 1 aliphatic rings. The molecule has 118 valence electrons. The fraction of sp³-hybridized carbons (Fsp3) is 0.667. The van der Waals surface area contributed by atoms with Crippen molar-refractivity contribution in [1.82, 2.24) is 5.32 Å². The first-order chi connectivity index (χ1) is 10.1. The predicted molar refractivity (Wildman–Crippen MR) is 93.2 cm³/mol. The van der Waals surface area contributed by atoms with Crippen LogP contribution in [0.2, 0.25) is 5.02 Å². The Labute approximate surface area is 134 Å². The van der Waals surface area contributed by atoms with Gasteiger partial charge in [0, 0.05) is 19.6 Å². The van der Waals surface area contributed by atoms with Gasteiger partial charge in [-0.05, 0) is 49.3 Å². The van der Waals surface area contributed by atoms with Gasteiger partial charge < -0.3 is 10.2 Å². The van der Waals surface area contributed by atoms with Gasteiger partial charge in [0.15, 0.2) is 0 Å². The van der Waals surface area contributed by atoms with Crippen molar-refractivity contribution in [2.24, 2.45) is 11.8 Å². The van der Waals surface area contributed by atoms with Gasteiger partial charge in [-0.2, -0.15) is 0 Å². The minimum absolute atomic E-state index is 0.795. The SMILES string of the molecule is CCCNCc1cccc(Cl)c1N1CCC(C(C)C)CC1. The monoisotopic (exact) mass is 308 g/mol. The Balaban J connectivity index is 2.08. The van der Waals surface area contributed by atoms with E-state index in [4.69, 9.17) is 11.6 Å². The summed E-state index contributed by atoms with van der Waals surface area (Å²) in [7, 11) is 0. The molecule has 0 amide bonds. The summed E-state index contributed by atoms with van der Waals surface area (Å²) in [6.07, 6.45) is 3.73. The lowest BCUT2D eigenvalue weighted by Gasteiger charge is -2.36. The van der Waals surface area contributed by atoms with E-state index in [1.807, 2.05) is 6.07 Å². The van der Waals surface area contributed by atoms with Crippen LogP contribution in [-0.4, -0.2) is 19.6 Å². The summed E-state index contributed by atoms with van der Waals surface area (Å²) in [6.45, 7) is 11.1. The summed E-state index contributed by atoms with van der Waals surface area (Å²) in [5.74, 6) is 1.66. The van der Waals surface area contributed by atoms with Gasteiger partial charge in [0.05, 0.1) is 10.7 Å². The predicted octanol–water partition coefficient (Wildman–Crippen LogP) is 4.71. The van der Waals surface area contributed by atoms with E-state index >= 15 is 0 Å². The maximum atomic E-state index is 6.51. The Hall–Kier alpha value is -0.730. The van der Waals surface area contributed by atoms with Crippen molar-refractivity contribution >= 4 is 17.3 Å². The van der Waals surface area contributed by atoms with Crippen molar-refractivity contribution in [2.75, 3.05) is 24.5 Å². The van der Waals surface area contributed by atoms with Crippen LogP contribution in [0, 0.1) is 11.8 Å². The third kappa shape index (κ3) is 4.37. The molecule has 0 atom stereocenters. The molecule has 0 aromatic heterocycles. The molecular weight excluding hydrogens is 280 g/mol. The second kappa shape index (κ2) is 8.05. The maximum absolute atomic E-state index is 6.51. The van der Waals surface area contributed by atoms with E-state index in [1.165, 1.54) is 24.1 Å². The summed E-state index contributed by atoms with van der Waals surface area (Å²) in [6, 6.07) is 6.29. The molecule has 2 nitrogen and oxygen atoms in total. The summed E-state index contributed by atoms with van der Waals surface area (Å²) < 4.78 is 0. The van der Waals surface area contributed by atoms with Crippen molar-refractivity contribution in [1.29, 1.82) is 0 Å². The Kier molecular flexibility index (Phi) is 6.38. The molecular formula is C18H29ClN2. The Morgan fingerprint density at radius 2 is 2.00 bits per heavy atom. The number of nitrogens with one attached hydrogen (secondary N) is 1. The van der Waals surface area contributed by atoms with E-state index in [9.17, 15) is 0 Å². The van der Waals surface area contributed by atoms with E-state index < -0.39 is 0 Å². The minimum Gasteiger partial charge on any atom is -0.370 e. The van der Waals surface area contributed by atoms with Gasteiger partial charge in [0.1, 0.15) is 0 Å². The zero-order chi connectivity index (χ0) is 15.2. The number of nitrogens with zero attached hydrogens (tertiary/aromatic N) is 1. The number of rotatable bonds is 6. The summed E-state index contributed by atoms with van der Waals surface area (Å²) >= 11 is 6.51. The van der Waals surface area contributed by atoms with Crippen molar-refractivity contribution in [3.05, 3.63) is 28.8 Å². The molecule has 0 saturated carbocycles. The van der Waals surface area contributed by atoms with Crippen LogP contribution in [-0.2, 0) is 6.54 Å². The number of para-hydroxylation sites is 1. The number of hydrogen-bond acceptors (Lipinski definition) is 2. The molecule has 21 heavy (non-hydrogen) atoms. The van der Waals surface area contributed by atoms with Crippen LogP contribution in [0.3, 0.4) is 0 Å². The van der Waals surface area contributed by atoms with Gasteiger partial charge in [0.25, 0.3) is 0 Å². The van der Waals surface area contributed by atoms with E-state index in [-0.39, 0.29) is 0 Å². The molecule has 0 bridgehead atoms.